The first-order valence-electron chi connectivity index (χ1n) is 5.40. The van der Waals surface area contributed by atoms with E-state index in [1.165, 1.54) is 0 Å². The molecular formula is C13H15NO2. The zero-order valence-electron chi connectivity index (χ0n) is 9.06. The van der Waals surface area contributed by atoms with Gasteiger partial charge in [-0.05, 0) is 12.1 Å². The lowest BCUT2D eigenvalue weighted by Gasteiger charge is -2.10. The molecule has 1 aliphatic heterocycles. The van der Waals surface area contributed by atoms with Gasteiger partial charge >= 0.3 is 0 Å². The first-order valence-corrected chi connectivity index (χ1v) is 5.40. The number of ether oxygens (including phenoxy) is 2. The predicted molar refractivity (Wildman–Crippen MR) is 61.6 cm³/mol. The van der Waals surface area contributed by atoms with Gasteiger partial charge in [-0.3, -0.25) is 0 Å². The Hall–Kier alpha value is -1.34. The number of hydrogen-bond donors (Lipinski definition) is 1. The fraction of sp³-hybridized carbons (Fsp3) is 0.385. The van der Waals surface area contributed by atoms with Gasteiger partial charge < -0.3 is 15.2 Å². The van der Waals surface area contributed by atoms with Crippen molar-refractivity contribution in [2.75, 3.05) is 13.2 Å². The van der Waals surface area contributed by atoms with Crippen LogP contribution < -0.4 is 5.73 Å². The van der Waals surface area contributed by atoms with Crippen molar-refractivity contribution >= 4 is 0 Å². The third kappa shape index (κ3) is 3.35. The van der Waals surface area contributed by atoms with E-state index in [4.69, 9.17) is 15.2 Å². The van der Waals surface area contributed by atoms with E-state index in [-0.39, 0.29) is 12.3 Å². The molecule has 3 nitrogen and oxygen atoms in total. The van der Waals surface area contributed by atoms with Gasteiger partial charge in [0.1, 0.15) is 0 Å². The maximum Gasteiger partial charge on any atom is 0.160 e. The van der Waals surface area contributed by atoms with Crippen molar-refractivity contribution in [2.45, 2.75) is 18.8 Å². The van der Waals surface area contributed by atoms with E-state index in [1.54, 1.807) is 0 Å². The third-order valence-electron chi connectivity index (χ3n) is 2.31. The number of rotatable bonds is 2. The molecule has 1 aromatic rings. The van der Waals surface area contributed by atoms with E-state index in [0.717, 1.165) is 5.56 Å². The molecule has 84 valence electrons. The SMILES string of the molecule is NC(C#Cc1ccccc1)CC1OCCO1. The zero-order chi connectivity index (χ0) is 11.2. The molecule has 0 amide bonds. The first-order chi connectivity index (χ1) is 7.84. The molecule has 0 aromatic heterocycles. The Morgan fingerprint density at radius 1 is 1.25 bits per heavy atom. The van der Waals surface area contributed by atoms with Crippen LogP contribution >= 0.6 is 0 Å². The summed E-state index contributed by atoms with van der Waals surface area (Å²) in [6, 6.07) is 9.59. The van der Waals surface area contributed by atoms with Gasteiger partial charge in [0.15, 0.2) is 6.29 Å². The summed E-state index contributed by atoms with van der Waals surface area (Å²) in [5, 5.41) is 0. The summed E-state index contributed by atoms with van der Waals surface area (Å²) in [7, 11) is 0. The molecule has 1 aromatic carbocycles. The van der Waals surface area contributed by atoms with E-state index in [0.29, 0.717) is 19.6 Å². The Bertz CT molecular complexity index is 374. The average molecular weight is 217 g/mol. The molecule has 2 rings (SSSR count). The van der Waals surface area contributed by atoms with E-state index < -0.39 is 0 Å². The summed E-state index contributed by atoms with van der Waals surface area (Å²) in [5.74, 6) is 6.03. The highest BCUT2D eigenvalue weighted by Gasteiger charge is 2.17. The maximum atomic E-state index is 5.87. The molecule has 1 fully saturated rings. The minimum atomic E-state index is -0.205. The van der Waals surface area contributed by atoms with Gasteiger partial charge in [-0.1, -0.05) is 30.0 Å². The molecule has 2 N–H and O–H groups in total. The van der Waals surface area contributed by atoms with Crippen LogP contribution in [-0.2, 0) is 9.47 Å². The Balaban J connectivity index is 1.86. The quantitative estimate of drug-likeness (QED) is 0.755. The fourth-order valence-corrected chi connectivity index (χ4v) is 1.51. The molecule has 1 unspecified atom stereocenters. The molecule has 0 bridgehead atoms. The second-order valence-corrected chi connectivity index (χ2v) is 3.65. The summed E-state index contributed by atoms with van der Waals surface area (Å²) in [6.07, 6.45) is 0.444. The van der Waals surface area contributed by atoms with Gasteiger partial charge in [-0.2, -0.15) is 0 Å². The van der Waals surface area contributed by atoms with Crippen molar-refractivity contribution < 1.29 is 9.47 Å². The number of hydrogen-bond acceptors (Lipinski definition) is 3. The minimum absolute atomic E-state index is 0.180. The Kier molecular flexibility index (Phi) is 3.95. The molecule has 0 aliphatic carbocycles. The van der Waals surface area contributed by atoms with E-state index in [2.05, 4.69) is 11.8 Å². The van der Waals surface area contributed by atoms with Crippen molar-refractivity contribution in [1.29, 1.82) is 0 Å². The Labute approximate surface area is 95.5 Å². The first kappa shape index (κ1) is 11.2. The Morgan fingerprint density at radius 2 is 1.94 bits per heavy atom. The topological polar surface area (TPSA) is 44.5 Å². The van der Waals surface area contributed by atoms with Crippen LogP contribution in [0.4, 0.5) is 0 Å². The van der Waals surface area contributed by atoms with Gasteiger partial charge in [-0.15, -0.1) is 0 Å². The standard InChI is InChI=1S/C13H15NO2/c14-12(10-13-15-8-9-16-13)7-6-11-4-2-1-3-5-11/h1-5,12-13H,8-10,14H2. The number of benzene rings is 1. The summed E-state index contributed by atoms with van der Waals surface area (Å²) in [5.41, 5.74) is 6.85. The van der Waals surface area contributed by atoms with Crippen LogP contribution in [0.3, 0.4) is 0 Å². The molecule has 1 aliphatic rings. The van der Waals surface area contributed by atoms with Crippen LogP contribution in [0.1, 0.15) is 12.0 Å². The molecule has 0 spiro atoms. The van der Waals surface area contributed by atoms with Crippen molar-refractivity contribution in [3.05, 3.63) is 35.9 Å². The van der Waals surface area contributed by atoms with Gasteiger partial charge in [-0.25, -0.2) is 0 Å². The van der Waals surface area contributed by atoms with Crippen LogP contribution in [0.25, 0.3) is 0 Å². The normalized spacial score (nSPS) is 17.8. The van der Waals surface area contributed by atoms with Crippen LogP contribution in [0.15, 0.2) is 30.3 Å². The Morgan fingerprint density at radius 3 is 2.62 bits per heavy atom. The van der Waals surface area contributed by atoms with Gasteiger partial charge in [0, 0.05) is 12.0 Å². The summed E-state index contributed by atoms with van der Waals surface area (Å²) >= 11 is 0. The molecule has 16 heavy (non-hydrogen) atoms. The van der Waals surface area contributed by atoms with Crippen LogP contribution in [0.5, 0.6) is 0 Å². The largest absolute Gasteiger partial charge is 0.350 e. The van der Waals surface area contributed by atoms with Crippen molar-refractivity contribution in [3.63, 3.8) is 0 Å². The van der Waals surface area contributed by atoms with Crippen molar-refractivity contribution in [1.82, 2.24) is 0 Å². The van der Waals surface area contributed by atoms with E-state index >= 15 is 0 Å². The number of nitrogens with two attached hydrogens (primary N) is 1. The third-order valence-corrected chi connectivity index (χ3v) is 2.31. The molecule has 1 heterocycles. The van der Waals surface area contributed by atoms with Gasteiger partial charge in [0.25, 0.3) is 0 Å². The molecule has 0 radical (unpaired) electrons. The second-order valence-electron chi connectivity index (χ2n) is 3.65. The maximum absolute atomic E-state index is 5.87. The highest BCUT2D eigenvalue weighted by atomic mass is 16.7. The molecule has 1 saturated heterocycles. The minimum Gasteiger partial charge on any atom is -0.350 e. The summed E-state index contributed by atoms with van der Waals surface area (Å²) in [6.45, 7) is 1.31. The second kappa shape index (κ2) is 5.66. The molecular weight excluding hydrogens is 202 g/mol. The highest BCUT2D eigenvalue weighted by molar-refractivity contribution is 5.34. The molecule has 0 saturated carbocycles. The van der Waals surface area contributed by atoms with Crippen molar-refractivity contribution in [3.8, 4) is 11.8 Å². The van der Waals surface area contributed by atoms with Crippen LogP contribution in [0, 0.1) is 11.8 Å². The van der Waals surface area contributed by atoms with Crippen molar-refractivity contribution in [2.24, 2.45) is 5.73 Å². The monoisotopic (exact) mass is 217 g/mol. The predicted octanol–water partition coefficient (Wildman–Crippen LogP) is 1.13. The van der Waals surface area contributed by atoms with E-state index in [1.807, 2.05) is 30.3 Å². The van der Waals surface area contributed by atoms with Gasteiger partial charge in [0.2, 0.25) is 0 Å². The molecule has 1 atom stereocenters. The summed E-state index contributed by atoms with van der Waals surface area (Å²) < 4.78 is 10.6. The zero-order valence-corrected chi connectivity index (χ0v) is 9.06. The highest BCUT2D eigenvalue weighted by Crippen LogP contribution is 2.09. The lowest BCUT2D eigenvalue weighted by atomic mass is 10.2. The fourth-order valence-electron chi connectivity index (χ4n) is 1.51. The lowest BCUT2D eigenvalue weighted by Crippen LogP contribution is -2.25. The molecule has 3 heteroatoms. The summed E-state index contributed by atoms with van der Waals surface area (Å²) in [4.78, 5) is 0. The smallest absolute Gasteiger partial charge is 0.160 e. The van der Waals surface area contributed by atoms with Gasteiger partial charge in [0.05, 0.1) is 19.3 Å². The average Bonchev–Trinajstić information content (AvgIpc) is 2.81. The van der Waals surface area contributed by atoms with Crippen LogP contribution in [-0.4, -0.2) is 25.5 Å². The van der Waals surface area contributed by atoms with E-state index in [9.17, 15) is 0 Å². The lowest BCUT2D eigenvalue weighted by molar-refractivity contribution is -0.0477. The van der Waals surface area contributed by atoms with Crippen LogP contribution in [0.2, 0.25) is 0 Å².